The molecule has 1 fully saturated rings. The minimum Gasteiger partial charge on any atom is -0.303 e. The summed E-state index contributed by atoms with van der Waals surface area (Å²) in [6.45, 7) is 3.27. The van der Waals surface area contributed by atoms with E-state index in [0.717, 1.165) is 38.0 Å². The molecule has 102 valence electrons. The average molecular weight is 260 g/mol. The summed E-state index contributed by atoms with van der Waals surface area (Å²) in [4.78, 5) is 2.44. The molecule has 1 aliphatic heterocycles. The van der Waals surface area contributed by atoms with Gasteiger partial charge in [-0.15, -0.1) is 0 Å². The number of nitriles is 1. The van der Waals surface area contributed by atoms with Crippen molar-refractivity contribution in [2.75, 3.05) is 19.6 Å². The molecular weight excluding hydrogens is 239 g/mol. The molecule has 0 atom stereocenters. The fraction of sp³-hybridized carbons (Fsp3) is 0.562. The molecule has 1 saturated heterocycles. The van der Waals surface area contributed by atoms with E-state index < -0.39 is 0 Å². The number of hydrogen-bond acceptors (Lipinski definition) is 2. The zero-order chi connectivity index (χ0) is 13.5. The van der Waals surface area contributed by atoms with Crippen LogP contribution in [0.2, 0.25) is 0 Å². The molecule has 3 heteroatoms. The summed E-state index contributed by atoms with van der Waals surface area (Å²) in [5.41, 5.74) is 1.11. The lowest BCUT2D eigenvalue weighted by Gasteiger charge is -2.31. The minimum atomic E-state index is -0.133. The lowest BCUT2D eigenvalue weighted by molar-refractivity contribution is 0.183. The first kappa shape index (κ1) is 14.0. The van der Waals surface area contributed by atoms with Gasteiger partial charge >= 0.3 is 0 Å². The molecule has 1 heterocycles. The van der Waals surface area contributed by atoms with Gasteiger partial charge in [-0.25, -0.2) is 4.39 Å². The number of nitrogens with zero attached hydrogens (tertiary/aromatic N) is 2. The Labute approximate surface area is 114 Å². The Hall–Kier alpha value is -1.40. The number of rotatable bonds is 5. The molecule has 0 bridgehead atoms. The zero-order valence-electron chi connectivity index (χ0n) is 11.3. The molecule has 0 radical (unpaired) electrons. The maximum absolute atomic E-state index is 13.1. The van der Waals surface area contributed by atoms with Gasteiger partial charge in [0.1, 0.15) is 5.82 Å². The van der Waals surface area contributed by atoms with E-state index in [4.69, 9.17) is 5.26 Å². The molecule has 1 aromatic carbocycles. The zero-order valence-corrected chi connectivity index (χ0v) is 11.3. The van der Waals surface area contributed by atoms with E-state index in [-0.39, 0.29) is 5.82 Å². The van der Waals surface area contributed by atoms with Gasteiger partial charge in [0.15, 0.2) is 0 Å². The first-order valence-corrected chi connectivity index (χ1v) is 7.11. The summed E-state index contributed by atoms with van der Waals surface area (Å²) < 4.78 is 13.1. The summed E-state index contributed by atoms with van der Waals surface area (Å²) in [5, 5.41) is 8.53. The first-order valence-electron chi connectivity index (χ1n) is 7.11. The predicted octanol–water partition coefficient (Wildman–Crippen LogP) is 3.38. The van der Waals surface area contributed by atoms with Crippen molar-refractivity contribution < 1.29 is 4.39 Å². The van der Waals surface area contributed by atoms with E-state index in [1.807, 2.05) is 6.07 Å². The van der Waals surface area contributed by atoms with Gasteiger partial charge in [0.2, 0.25) is 0 Å². The second kappa shape index (κ2) is 7.25. The average Bonchev–Trinajstić information content (AvgIpc) is 2.41. The van der Waals surface area contributed by atoms with Crippen LogP contribution in [0.5, 0.6) is 0 Å². The summed E-state index contributed by atoms with van der Waals surface area (Å²) in [6, 6.07) is 9.15. The van der Waals surface area contributed by atoms with Crippen LogP contribution in [-0.2, 0) is 6.42 Å². The van der Waals surface area contributed by atoms with Gasteiger partial charge in [0, 0.05) is 6.42 Å². The predicted molar refractivity (Wildman–Crippen MR) is 74.1 cm³/mol. The highest BCUT2D eigenvalue weighted by molar-refractivity contribution is 5.16. The van der Waals surface area contributed by atoms with Gasteiger partial charge in [-0.2, -0.15) is 5.26 Å². The summed E-state index contributed by atoms with van der Waals surface area (Å²) >= 11 is 0. The van der Waals surface area contributed by atoms with Crippen molar-refractivity contribution in [3.63, 3.8) is 0 Å². The molecule has 0 aliphatic carbocycles. The maximum atomic E-state index is 13.1. The fourth-order valence-electron chi connectivity index (χ4n) is 2.79. The molecule has 0 spiro atoms. The quantitative estimate of drug-likeness (QED) is 0.759. The van der Waals surface area contributed by atoms with Crippen LogP contribution in [0.3, 0.4) is 0 Å². The molecule has 19 heavy (non-hydrogen) atoms. The highest BCUT2D eigenvalue weighted by Gasteiger charge is 2.19. The summed E-state index contributed by atoms with van der Waals surface area (Å²) in [6.07, 6.45) is 4.99. The Morgan fingerprint density at radius 2 is 2.11 bits per heavy atom. The minimum absolute atomic E-state index is 0.133. The van der Waals surface area contributed by atoms with Crippen LogP contribution >= 0.6 is 0 Å². The van der Waals surface area contributed by atoms with Crippen molar-refractivity contribution in [1.29, 1.82) is 5.26 Å². The molecule has 2 rings (SSSR count). The molecule has 0 saturated carbocycles. The van der Waals surface area contributed by atoms with E-state index in [0.29, 0.717) is 12.3 Å². The standard InChI is InChI=1S/C16H21FN2/c17-16-5-3-4-15(13-16)12-14-6-10-19(11-7-14)9-2-1-8-18/h3-5,13-14H,1-2,6-7,9-12H2. The van der Waals surface area contributed by atoms with Crippen LogP contribution in [0.1, 0.15) is 31.2 Å². The van der Waals surface area contributed by atoms with Crippen molar-refractivity contribution in [2.24, 2.45) is 5.92 Å². The van der Waals surface area contributed by atoms with Gasteiger partial charge in [-0.05, 0) is 68.9 Å². The number of likely N-dealkylation sites (tertiary alicyclic amines) is 1. The number of hydrogen-bond donors (Lipinski definition) is 0. The smallest absolute Gasteiger partial charge is 0.123 e. The van der Waals surface area contributed by atoms with Crippen LogP contribution in [0.15, 0.2) is 24.3 Å². The third-order valence-electron chi connectivity index (χ3n) is 3.88. The molecule has 1 aliphatic rings. The molecule has 1 aromatic rings. The Bertz CT molecular complexity index is 431. The van der Waals surface area contributed by atoms with Gasteiger partial charge in [0.25, 0.3) is 0 Å². The van der Waals surface area contributed by atoms with Crippen LogP contribution in [-0.4, -0.2) is 24.5 Å². The van der Waals surface area contributed by atoms with Gasteiger partial charge in [-0.1, -0.05) is 12.1 Å². The van der Waals surface area contributed by atoms with Crippen molar-refractivity contribution in [3.8, 4) is 6.07 Å². The van der Waals surface area contributed by atoms with E-state index in [1.165, 1.54) is 18.9 Å². The monoisotopic (exact) mass is 260 g/mol. The number of piperidine rings is 1. The van der Waals surface area contributed by atoms with Gasteiger partial charge in [0.05, 0.1) is 6.07 Å². The number of halogens is 1. The highest BCUT2D eigenvalue weighted by Crippen LogP contribution is 2.22. The molecule has 0 N–H and O–H groups in total. The first-order chi connectivity index (χ1) is 9.28. The van der Waals surface area contributed by atoms with E-state index in [1.54, 1.807) is 12.1 Å². The van der Waals surface area contributed by atoms with Crippen LogP contribution in [0.25, 0.3) is 0 Å². The molecule has 2 nitrogen and oxygen atoms in total. The van der Waals surface area contributed by atoms with Crippen molar-refractivity contribution >= 4 is 0 Å². The molecule has 0 amide bonds. The van der Waals surface area contributed by atoms with Crippen LogP contribution < -0.4 is 0 Å². The van der Waals surface area contributed by atoms with Crippen LogP contribution in [0, 0.1) is 23.1 Å². The summed E-state index contributed by atoms with van der Waals surface area (Å²) in [5.74, 6) is 0.542. The van der Waals surface area contributed by atoms with Crippen molar-refractivity contribution in [1.82, 2.24) is 4.90 Å². The highest BCUT2D eigenvalue weighted by atomic mass is 19.1. The van der Waals surface area contributed by atoms with E-state index >= 15 is 0 Å². The third kappa shape index (κ3) is 4.65. The SMILES string of the molecule is N#CCCCN1CCC(Cc2cccc(F)c2)CC1. The Morgan fingerprint density at radius 3 is 2.79 bits per heavy atom. The number of benzene rings is 1. The Balaban J connectivity index is 1.73. The lowest BCUT2D eigenvalue weighted by Crippen LogP contribution is -2.35. The van der Waals surface area contributed by atoms with Crippen molar-refractivity contribution in [2.45, 2.75) is 32.1 Å². The van der Waals surface area contributed by atoms with Crippen molar-refractivity contribution in [3.05, 3.63) is 35.6 Å². The van der Waals surface area contributed by atoms with Gasteiger partial charge in [-0.3, -0.25) is 0 Å². The van der Waals surface area contributed by atoms with Gasteiger partial charge < -0.3 is 4.90 Å². The maximum Gasteiger partial charge on any atom is 0.123 e. The normalized spacial score (nSPS) is 17.3. The second-order valence-electron chi connectivity index (χ2n) is 5.38. The molecule has 0 aromatic heterocycles. The summed E-state index contributed by atoms with van der Waals surface area (Å²) in [7, 11) is 0. The fourth-order valence-corrected chi connectivity index (χ4v) is 2.79. The Morgan fingerprint density at radius 1 is 1.32 bits per heavy atom. The largest absolute Gasteiger partial charge is 0.303 e. The third-order valence-corrected chi connectivity index (χ3v) is 3.88. The second-order valence-corrected chi connectivity index (χ2v) is 5.38. The molecular formula is C16H21FN2. The molecule has 0 unspecified atom stereocenters. The number of unbranched alkanes of at least 4 members (excludes halogenated alkanes) is 1. The van der Waals surface area contributed by atoms with Crippen LogP contribution in [0.4, 0.5) is 4.39 Å². The Kier molecular flexibility index (Phi) is 5.35. The topological polar surface area (TPSA) is 27.0 Å². The van der Waals surface area contributed by atoms with E-state index in [2.05, 4.69) is 11.0 Å². The lowest BCUT2D eigenvalue weighted by atomic mass is 9.90. The van der Waals surface area contributed by atoms with E-state index in [9.17, 15) is 4.39 Å².